The van der Waals surface area contributed by atoms with Crippen molar-refractivity contribution in [2.45, 2.75) is 65.3 Å². The number of amides is 1. The lowest BCUT2D eigenvalue weighted by Crippen LogP contribution is -2.42. The molecule has 2 unspecified atom stereocenters. The molecule has 0 bridgehead atoms. The lowest BCUT2D eigenvalue weighted by atomic mass is 9.83. The van der Waals surface area contributed by atoms with Gasteiger partial charge in [0.1, 0.15) is 0 Å². The maximum absolute atomic E-state index is 12.2. The minimum Gasteiger partial charge on any atom is -0.353 e. The summed E-state index contributed by atoms with van der Waals surface area (Å²) in [5.41, 5.74) is 0.285. The van der Waals surface area contributed by atoms with E-state index in [0.29, 0.717) is 18.4 Å². The normalized spacial score (nSPS) is 27.6. The molecule has 2 N–H and O–H groups in total. The van der Waals surface area contributed by atoms with Gasteiger partial charge in [-0.1, -0.05) is 27.2 Å². The summed E-state index contributed by atoms with van der Waals surface area (Å²) in [6, 6.07) is 0.389. The van der Waals surface area contributed by atoms with Gasteiger partial charge in [0.05, 0.1) is 0 Å². The van der Waals surface area contributed by atoms with Gasteiger partial charge >= 0.3 is 0 Å². The summed E-state index contributed by atoms with van der Waals surface area (Å²) in [4.78, 5) is 12.2. The first-order valence-corrected chi connectivity index (χ1v) is 7.99. The van der Waals surface area contributed by atoms with E-state index in [2.05, 4.69) is 31.4 Å². The zero-order valence-electron chi connectivity index (χ0n) is 13.2. The Morgan fingerprint density at radius 3 is 2.50 bits per heavy atom. The zero-order chi connectivity index (χ0) is 13.9. The fourth-order valence-corrected chi connectivity index (χ4v) is 3.72. The van der Waals surface area contributed by atoms with Gasteiger partial charge in [0.15, 0.2) is 0 Å². The average molecular weight is 303 g/mol. The predicted molar refractivity (Wildman–Crippen MR) is 86.2 cm³/mol. The largest absolute Gasteiger partial charge is 0.353 e. The van der Waals surface area contributed by atoms with Gasteiger partial charge < -0.3 is 10.6 Å². The van der Waals surface area contributed by atoms with E-state index in [1.165, 1.54) is 25.7 Å². The van der Waals surface area contributed by atoms with Gasteiger partial charge in [0.25, 0.3) is 0 Å². The Morgan fingerprint density at radius 2 is 1.95 bits per heavy atom. The van der Waals surface area contributed by atoms with E-state index >= 15 is 0 Å². The van der Waals surface area contributed by atoms with E-state index < -0.39 is 0 Å². The Kier molecular flexibility index (Phi) is 6.80. The van der Waals surface area contributed by atoms with Crippen molar-refractivity contribution in [2.24, 2.45) is 17.3 Å². The van der Waals surface area contributed by atoms with Gasteiger partial charge in [-0.2, -0.15) is 0 Å². The van der Waals surface area contributed by atoms with Crippen molar-refractivity contribution < 1.29 is 4.79 Å². The van der Waals surface area contributed by atoms with Gasteiger partial charge in [-0.25, -0.2) is 0 Å². The molecular weight excluding hydrogens is 272 g/mol. The van der Waals surface area contributed by atoms with Crippen LogP contribution in [0.25, 0.3) is 0 Å². The standard InChI is InChI=1S/C16H30N2O.ClH/c1-12(13-6-9-17-10-7-13)11-15(19)18-14-5-4-8-16(14,2)3;/h12-14,17H,4-11H2,1-3H3,(H,18,19);1H. The molecule has 1 amide bonds. The third kappa shape index (κ3) is 4.63. The summed E-state index contributed by atoms with van der Waals surface area (Å²) in [5, 5.41) is 6.68. The second kappa shape index (κ2) is 7.65. The molecule has 0 spiro atoms. The van der Waals surface area contributed by atoms with Crippen molar-refractivity contribution >= 4 is 18.3 Å². The molecule has 0 radical (unpaired) electrons. The second-order valence-electron chi connectivity index (χ2n) is 7.27. The second-order valence-corrected chi connectivity index (χ2v) is 7.27. The number of halogens is 1. The number of carbonyl (C=O) groups excluding carboxylic acids is 1. The summed E-state index contributed by atoms with van der Waals surface area (Å²) < 4.78 is 0. The first-order valence-electron chi connectivity index (χ1n) is 7.99. The quantitative estimate of drug-likeness (QED) is 0.838. The smallest absolute Gasteiger partial charge is 0.220 e. The van der Waals surface area contributed by atoms with Crippen molar-refractivity contribution in [3.63, 3.8) is 0 Å². The summed E-state index contributed by atoms with van der Waals surface area (Å²) in [6.07, 6.45) is 6.80. The SMILES string of the molecule is CC(CC(=O)NC1CCCC1(C)C)C1CCNCC1.Cl. The molecule has 0 aromatic rings. The van der Waals surface area contributed by atoms with Gasteiger partial charge in [0.2, 0.25) is 5.91 Å². The topological polar surface area (TPSA) is 41.1 Å². The number of piperidine rings is 1. The molecular formula is C16H31ClN2O. The summed E-state index contributed by atoms with van der Waals surface area (Å²) in [5.74, 6) is 1.52. The van der Waals surface area contributed by atoms with E-state index in [0.717, 1.165) is 25.4 Å². The first kappa shape index (κ1) is 17.8. The van der Waals surface area contributed by atoms with E-state index in [1.807, 2.05) is 0 Å². The third-order valence-electron chi connectivity index (χ3n) is 5.29. The molecule has 118 valence electrons. The van der Waals surface area contributed by atoms with Crippen LogP contribution in [-0.4, -0.2) is 25.0 Å². The Hall–Kier alpha value is -0.280. The first-order chi connectivity index (χ1) is 8.99. The van der Waals surface area contributed by atoms with E-state index in [-0.39, 0.29) is 23.7 Å². The summed E-state index contributed by atoms with van der Waals surface area (Å²) in [7, 11) is 0. The number of rotatable bonds is 4. The number of hydrogen-bond donors (Lipinski definition) is 2. The van der Waals surface area contributed by atoms with Crippen LogP contribution in [0.5, 0.6) is 0 Å². The molecule has 1 saturated heterocycles. The molecule has 2 atom stereocenters. The number of carbonyl (C=O) groups is 1. The van der Waals surface area contributed by atoms with Crippen LogP contribution in [0.3, 0.4) is 0 Å². The minimum absolute atomic E-state index is 0. The molecule has 0 aromatic heterocycles. The van der Waals surface area contributed by atoms with Crippen LogP contribution < -0.4 is 10.6 Å². The highest BCUT2D eigenvalue weighted by Crippen LogP contribution is 2.37. The van der Waals surface area contributed by atoms with E-state index in [4.69, 9.17) is 0 Å². The molecule has 2 aliphatic rings. The van der Waals surface area contributed by atoms with Gasteiger partial charge in [-0.05, 0) is 56.0 Å². The van der Waals surface area contributed by atoms with Crippen LogP contribution in [0.15, 0.2) is 0 Å². The Balaban J connectivity index is 0.00000200. The van der Waals surface area contributed by atoms with Crippen LogP contribution >= 0.6 is 12.4 Å². The van der Waals surface area contributed by atoms with Crippen molar-refractivity contribution in [3.05, 3.63) is 0 Å². The van der Waals surface area contributed by atoms with Crippen molar-refractivity contribution in [1.82, 2.24) is 10.6 Å². The van der Waals surface area contributed by atoms with Crippen LogP contribution in [0.1, 0.15) is 59.3 Å². The maximum atomic E-state index is 12.2. The summed E-state index contributed by atoms with van der Waals surface area (Å²) in [6.45, 7) is 9.04. The minimum atomic E-state index is 0. The monoisotopic (exact) mass is 302 g/mol. The lowest BCUT2D eigenvalue weighted by molar-refractivity contribution is -0.123. The molecule has 3 nitrogen and oxygen atoms in total. The number of hydrogen-bond acceptors (Lipinski definition) is 2. The molecule has 1 aliphatic carbocycles. The fraction of sp³-hybridized carbons (Fsp3) is 0.938. The highest BCUT2D eigenvalue weighted by Gasteiger charge is 2.35. The van der Waals surface area contributed by atoms with E-state index in [1.54, 1.807) is 0 Å². The molecule has 1 aliphatic heterocycles. The molecule has 4 heteroatoms. The summed E-state index contributed by atoms with van der Waals surface area (Å²) >= 11 is 0. The molecule has 1 saturated carbocycles. The van der Waals surface area contributed by atoms with Gasteiger partial charge in [0, 0.05) is 12.5 Å². The highest BCUT2D eigenvalue weighted by atomic mass is 35.5. The predicted octanol–water partition coefficient (Wildman–Crippen LogP) is 3.13. The van der Waals surface area contributed by atoms with Crippen LogP contribution in [0.4, 0.5) is 0 Å². The van der Waals surface area contributed by atoms with Gasteiger partial charge in [-0.3, -0.25) is 4.79 Å². The third-order valence-corrected chi connectivity index (χ3v) is 5.29. The lowest BCUT2D eigenvalue weighted by Gasteiger charge is -2.30. The van der Waals surface area contributed by atoms with Crippen LogP contribution in [0, 0.1) is 17.3 Å². The van der Waals surface area contributed by atoms with Gasteiger partial charge in [-0.15, -0.1) is 12.4 Å². The molecule has 2 rings (SSSR count). The molecule has 20 heavy (non-hydrogen) atoms. The van der Waals surface area contributed by atoms with Crippen molar-refractivity contribution in [2.75, 3.05) is 13.1 Å². The Labute approximate surface area is 130 Å². The molecule has 0 aromatic carbocycles. The number of nitrogens with one attached hydrogen (secondary N) is 2. The van der Waals surface area contributed by atoms with Crippen molar-refractivity contribution in [1.29, 1.82) is 0 Å². The molecule has 2 fully saturated rings. The van der Waals surface area contributed by atoms with Crippen LogP contribution in [0.2, 0.25) is 0 Å². The van der Waals surface area contributed by atoms with Crippen molar-refractivity contribution in [3.8, 4) is 0 Å². The average Bonchev–Trinajstić information content (AvgIpc) is 2.69. The zero-order valence-corrected chi connectivity index (χ0v) is 14.0. The Morgan fingerprint density at radius 1 is 1.30 bits per heavy atom. The molecule has 1 heterocycles. The Bertz CT molecular complexity index is 314. The fourth-order valence-electron chi connectivity index (χ4n) is 3.72. The van der Waals surface area contributed by atoms with Crippen LogP contribution in [-0.2, 0) is 4.79 Å². The highest BCUT2D eigenvalue weighted by molar-refractivity contribution is 5.85. The van der Waals surface area contributed by atoms with E-state index in [9.17, 15) is 4.79 Å². The maximum Gasteiger partial charge on any atom is 0.220 e.